The first-order chi connectivity index (χ1) is 6.01. The van der Waals surface area contributed by atoms with Crippen molar-refractivity contribution in [3.8, 4) is 0 Å². The van der Waals surface area contributed by atoms with Gasteiger partial charge >= 0.3 is 5.97 Å². The molecule has 0 aromatic rings. The molecule has 0 aliphatic carbocycles. The Hall–Kier alpha value is -1.38. The summed E-state index contributed by atoms with van der Waals surface area (Å²) < 4.78 is 0. The summed E-state index contributed by atoms with van der Waals surface area (Å²) in [6, 6.07) is 0. The lowest BCUT2D eigenvalue weighted by Crippen LogP contribution is -2.37. The van der Waals surface area contributed by atoms with Crippen molar-refractivity contribution in [2.75, 3.05) is 0 Å². The van der Waals surface area contributed by atoms with Crippen LogP contribution in [0.2, 0.25) is 0 Å². The molecule has 0 saturated heterocycles. The number of rotatable bonds is 6. The Balaban J connectivity index is 5.02. The number of carboxylic acid groups (broad SMARTS) is 1. The van der Waals surface area contributed by atoms with Gasteiger partial charge in [0.1, 0.15) is 11.2 Å². The third-order valence-electron chi connectivity index (χ3n) is 2.07. The van der Waals surface area contributed by atoms with Crippen molar-refractivity contribution in [2.24, 2.45) is 5.41 Å². The van der Waals surface area contributed by atoms with Crippen LogP contribution in [0.5, 0.6) is 0 Å². The van der Waals surface area contributed by atoms with Crippen LogP contribution in [0.1, 0.15) is 19.8 Å². The summed E-state index contributed by atoms with van der Waals surface area (Å²) in [6.07, 6.45) is 3.17. The molecule has 0 bridgehead atoms. The topological polar surface area (TPSA) is 54.4 Å². The first kappa shape index (κ1) is 11.6. The fraction of sp³-hybridized carbons (Fsp3) is 0.400. The summed E-state index contributed by atoms with van der Waals surface area (Å²) in [5, 5.41) is 8.94. The van der Waals surface area contributed by atoms with E-state index < -0.39 is 11.4 Å². The summed E-state index contributed by atoms with van der Waals surface area (Å²) in [7, 11) is 0. The van der Waals surface area contributed by atoms with E-state index in [0.29, 0.717) is 0 Å². The van der Waals surface area contributed by atoms with Gasteiger partial charge in [0.2, 0.25) is 0 Å². The molecule has 0 aromatic carbocycles. The summed E-state index contributed by atoms with van der Waals surface area (Å²) in [5.74, 6) is -1.47. The zero-order valence-corrected chi connectivity index (χ0v) is 7.75. The fourth-order valence-corrected chi connectivity index (χ4v) is 1.19. The van der Waals surface area contributed by atoms with Gasteiger partial charge in [-0.3, -0.25) is 9.59 Å². The number of carbonyl (C=O) groups excluding carboxylic acids is 1. The lowest BCUT2D eigenvalue weighted by Gasteiger charge is -2.23. The Morgan fingerprint density at radius 3 is 1.85 bits per heavy atom. The van der Waals surface area contributed by atoms with Crippen LogP contribution in [-0.4, -0.2) is 16.9 Å². The Labute approximate surface area is 77.8 Å². The van der Waals surface area contributed by atoms with Gasteiger partial charge in [-0.05, 0) is 19.8 Å². The summed E-state index contributed by atoms with van der Waals surface area (Å²) in [4.78, 5) is 22.1. The lowest BCUT2D eigenvalue weighted by molar-refractivity contribution is -0.153. The highest BCUT2D eigenvalue weighted by molar-refractivity contribution is 6.02. The smallest absolute Gasteiger partial charge is 0.317 e. The lowest BCUT2D eigenvalue weighted by atomic mass is 9.78. The highest BCUT2D eigenvalue weighted by Gasteiger charge is 2.40. The molecule has 0 amide bonds. The number of hydrogen-bond donors (Lipinski definition) is 1. The summed E-state index contributed by atoms with van der Waals surface area (Å²) in [5.41, 5.74) is -1.36. The van der Waals surface area contributed by atoms with Crippen LogP contribution in [0.15, 0.2) is 25.3 Å². The molecule has 3 heteroatoms. The van der Waals surface area contributed by atoms with E-state index in [0.717, 1.165) is 0 Å². The van der Waals surface area contributed by atoms with Gasteiger partial charge in [-0.25, -0.2) is 0 Å². The van der Waals surface area contributed by atoms with Gasteiger partial charge in [-0.2, -0.15) is 0 Å². The third kappa shape index (κ3) is 2.28. The van der Waals surface area contributed by atoms with Gasteiger partial charge in [-0.15, -0.1) is 13.2 Å². The molecule has 3 nitrogen and oxygen atoms in total. The molecule has 0 unspecified atom stereocenters. The second-order valence-electron chi connectivity index (χ2n) is 2.93. The molecule has 0 fully saturated rings. The Kier molecular flexibility index (Phi) is 4.11. The number of Topliss-reactive ketones (excluding diaryl/α,β-unsaturated/α-hetero) is 1. The average molecular weight is 182 g/mol. The van der Waals surface area contributed by atoms with Crippen LogP contribution in [0.3, 0.4) is 0 Å². The van der Waals surface area contributed by atoms with Crippen molar-refractivity contribution in [3.63, 3.8) is 0 Å². The van der Waals surface area contributed by atoms with Crippen LogP contribution < -0.4 is 0 Å². The Bertz CT molecular complexity index is 215. The van der Waals surface area contributed by atoms with Crippen molar-refractivity contribution in [1.29, 1.82) is 0 Å². The minimum absolute atomic E-state index is 0.143. The molecule has 0 heterocycles. The molecular weight excluding hydrogens is 168 g/mol. The minimum Gasteiger partial charge on any atom is -0.480 e. The number of allylic oxidation sites excluding steroid dienone is 2. The molecule has 0 aliphatic rings. The van der Waals surface area contributed by atoms with Crippen molar-refractivity contribution in [2.45, 2.75) is 19.8 Å². The third-order valence-corrected chi connectivity index (χ3v) is 2.07. The largest absolute Gasteiger partial charge is 0.480 e. The van der Waals surface area contributed by atoms with E-state index >= 15 is 0 Å². The molecule has 0 aromatic heterocycles. The second-order valence-corrected chi connectivity index (χ2v) is 2.93. The SMILES string of the molecule is C=CCC(CC=C)(C(C)=O)C(=O)O. The monoisotopic (exact) mass is 182 g/mol. The molecule has 13 heavy (non-hydrogen) atoms. The summed E-state index contributed by atoms with van der Waals surface area (Å²) in [6.45, 7) is 8.16. The minimum atomic E-state index is -1.36. The highest BCUT2D eigenvalue weighted by Crippen LogP contribution is 2.29. The number of aliphatic carboxylic acids is 1. The fourth-order valence-electron chi connectivity index (χ4n) is 1.19. The van der Waals surface area contributed by atoms with Crippen LogP contribution >= 0.6 is 0 Å². The standard InChI is InChI=1S/C10H14O3/c1-4-6-10(7-5-2,8(3)11)9(12)13/h4-5H,1-2,6-7H2,3H3,(H,12,13). The van der Waals surface area contributed by atoms with E-state index in [1.54, 1.807) is 0 Å². The predicted molar refractivity (Wildman–Crippen MR) is 50.4 cm³/mol. The molecule has 0 aliphatic heterocycles. The van der Waals surface area contributed by atoms with Gasteiger partial charge in [0.15, 0.2) is 0 Å². The molecular formula is C10H14O3. The molecule has 0 spiro atoms. The van der Waals surface area contributed by atoms with Gasteiger partial charge in [0.25, 0.3) is 0 Å². The van der Waals surface area contributed by atoms with Crippen LogP contribution in [-0.2, 0) is 9.59 Å². The van der Waals surface area contributed by atoms with E-state index in [9.17, 15) is 9.59 Å². The first-order valence-corrected chi connectivity index (χ1v) is 3.97. The van der Waals surface area contributed by atoms with E-state index in [-0.39, 0.29) is 18.6 Å². The van der Waals surface area contributed by atoms with Crippen LogP contribution in [0.4, 0.5) is 0 Å². The molecule has 0 radical (unpaired) electrons. The number of carbonyl (C=O) groups is 2. The Morgan fingerprint density at radius 2 is 1.69 bits per heavy atom. The average Bonchev–Trinajstić information content (AvgIpc) is 2.03. The van der Waals surface area contributed by atoms with Crippen molar-refractivity contribution >= 4 is 11.8 Å². The normalized spacial score (nSPS) is 10.5. The van der Waals surface area contributed by atoms with E-state index in [1.165, 1.54) is 19.1 Å². The van der Waals surface area contributed by atoms with Gasteiger partial charge in [0.05, 0.1) is 0 Å². The molecule has 1 N–H and O–H groups in total. The van der Waals surface area contributed by atoms with E-state index in [4.69, 9.17) is 5.11 Å². The van der Waals surface area contributed by atoms with E-state index in [1.807, 2.05) is 0 Å². The predicted octanol–water partition coefficient (Wildman–Crippen LogP) is 1.80. The van der Waals surface area contributed by atoms with Gasteiger partial charge in [0, 0.05) is 0 Å². The quantitative estimate of drug-likeness (QED) is 0.503. The van der Waals surface area contributed by atoms with Crippen LogP contribution in [0, 0.1) is 5.41 Å². The van der Waals surface area contributed by atoms with Crippen molar-refractivity contribution in [3.05, 3.63) is 25.3 Å². The molecule has 0 saturated carbocycles. The number of hydrogen-bond acceptors (Lipinski definition) is 2. The zero-order valence-electron chi connectivity index (χ0n) is 7.75. The zero-order chi connectivity index (χ0) is 10.5. The van der Waals surface area contributed by atoms with Crippen LogP contribution in [0.25, 0.3) is 0 Å². The maximum absolute atomic E-state index is 11.2. The van der Waals surface area contributed by atoms with E-state index in [2.05, 4.69) is 13.2 Å². The number of ketones is 1. The van der Waals surface area contributed by atoms with Gasteiger partial charge in [-0.1, -0.05) is 12.2 Å². The number of carboxylic acids is 1. The molecule has 0 atom stereocenters. The maximum Gasteiger partial charge on any atom is 0.317 e. The first-order valence-electron chi connectivity index (χ1n) is 3.97. The Morgan fingerprint density at radius 1 is 1.31 bits per heavy atom. The van der Waals surface area contributed by atoms with Gasteiger partial charge < -0.3 is 5.11 Å². The van der Waals surface area contributed by atoms with Crippen molar-refractivity contribution < 1.29 is 14.7 Å². The second kappa shape index (κ2) is 4.60. The molecule has 0 rings (SSSR count). The molecule has 72 valence electrons. The maximum atomic E-state index is 11.2. The highest BCUT2D eigenvalue weighted by atomic mass is 16.4. The summed E-state index contributed by atoms with van der Waals surface area (Å²) >= 11 is 0. The van der Waals surface area contributed by atoms with Crippen molar-refractivity contribution in [1.82, 2.24) is 0 Å².